The minimum absolute atomic E-state index is 0.272. The fraction of sp³-hybridized carbons (Fsp3) is 0.278. The van der Waals surface area contributed by atoms with Crippen molar-refractivity contribution in [2.45, 2.75) is 0 Å². The highest BCUT2D eigenvalue weighted by molar-refractivity contribution is 7.08. The number of hydrogen-bond donors (Lipinski definition) is 0. The third-order valence-electron chi connectivity index (χ3n) is 4.42. The summed E-state index contributed by atoms with van der Waals surface area (Å²) in [6, 6.07) is 10.0. The van der Waals surface area contributed by atoms with E-state index < -0.39 is 0 Å². The van der Waals surface area contributed by atoms with Crippen LogP contribution in [0.4, 0.5) is 5.69 Å². The smallest absolute Gasteiger partial charge is 0.344 e. The highest BCUT2D eigenvalue weighted by Gasteiger charge is 2.15. The summed E-state index contributed by atoms with van der Waals surface area (Å²) in [6.45, 7) is 4.11. The van der Waals surface area contributed by atoms with Gasteiger partial charge in [0.1, 0.15) is 5.58 Å². The third kappa shape index (κ3) is 2.78. The van der Waals surface area contributed by atoms with Crippen LogP contribution in [-0.2, 0) is 0 Å². The Bertz CT molecular complexity index is 878. The van der Waals surface area contributed by atoms with Gasteiger partial charge in [-0.1, -0.05) is 0 Å². The van der Waals surface area contributed by atoms with E-state index in [1.54, 1.807) is 11.3 Å². The maximum Gasteiger partial charge on any atom is 0.344 e. The monoisotopic (exact) mass is 326 g/mol. The van der Waals surface area contributed by atoms with E-state index in [2.05, 4.69) is 22.9 Å². The van der Waals surface area contributed by atoms with Gasteiger partial charge in [0.15, 0.2) is 0 Å². The van der Waals surface area contributed by atoms with E-state index in [-0.39, 0.29) is 5.63 Å². The summed E-state index contributed by atoms with van der Waals surface area (Å²) in [6.07, 6.45) is 0. The number of anilines is 1. The first-order valence-corrected chi connectivity index (χ1v) is 8.69. The number of fused-ring (bicyclic) bond motifs is 1. The van der Waals surface area contributed by atoms with Gasteiger partial charge in [-0.25, -0.2) is 4.79 Å². The van der Waals surface area contributed by atoms with Gasteiger partial charge in [0.05, 0.1) is 5.56 Å². The van der Waals surface area contributed by atoms with Crippen molar-refractivity contribution in [1.82, 2.24) is 4.90 Å². The molecule has 1 saturated heterocycles. The van der Waals surface area contributed by atoms with Crippen LogP contribution < -0.4 is 10.5 Å². The fourth-order valence-corrected chi connectivity index (χ4v) is 3.64. The molecular weight excluding hydrogens is 308 g/mol. The van der Waals surface area contributed by atoms with Crippen molar-refractivity contribution in [3.05, 3.63) is 51.5 Å². The molecule has 1 aromatic carbocycles. The molecule has 0 spiro atoms. The van der Waals surface area contributed by atoms with Crippen molar-refractivity contribution >= 4 is 28.0 Å². The van der Waals surface area contributed by atoms with E-state index in [0.717, 1.165) is 42.8 Å². The summed E-state index contributed by atoms with van der Waals surface area (Å²) in [5.41, 5.74) is 3.06. The summed E-state index contributed by atoms with van der Waals surface area (Å²) in [5, 5.41) is 4.90. The number of likely N-dealkylation sites (N-methyl/N-ethyl adjacent to an activating group) is 1. The highest BCUT2D eigenvalue weighted by atomic mass is 32.1. The summed E-state index contributed by atoms with van der Waals surface area (Å²) in [7, 11) is 2.14. The van der Waals surface area contributed by atoms with Gasteiger partial charge >= 0.3 is 5.63 Å². The largest absolute Gasteiger partial charge is 0.422 e. The Balaban J connectivity index is 1.73. The van der Waals surface area contributed by atoms with Crippen LogP contribution in [-0.4, -0.2) is 38.1 Å². The second-order valence-electron chi connectivity index (χ2n) is 5.97. The lowest BCUT2D eigenvalue weighted by molar-refractivity contribution is 0.313. The van der Waals surface area contributed by atoms with Crippen LogP contribution in [0.5, 0.6) is 0 Å². The van der Waals surface area contributed by atoms with E-state index in [0.29, 0.717) is 11.1 Å². The van der Waals surface area contributed by atoms with Crippen molar-refractivity contribution in [3.63, 3.8) is 0 Å². The zero-order chi connectivity index (χ0) is 15.8. The molecule has 0 saturated carbocycles. The lowest BCUT2D eigenvalue weighted by Gasteiger charge is -2.34. The Labute approximate surface area is 138 Å². The van der Waals surface area contributed by atoms with E-state index in [9.17, 15) is 4.79 Å². The Kier molecular flexibility index (Phi) is 3.67. The molecule has 0 bridgehead atoms. The molecule has 0 unspecified atom stereocenters. The Hall–Kier alpha value is -2.11. The predicted octanol–water partition coefficient (Wildman–Crippen LogP) is 3.27. The molecule has 4 rings (SSSR count). The summed E-state index contributed by atoms with van der Waals surface area (Å²) in [5.74, 6) is 0. The van der Waals surface area contributed by atoms with Gasteiger partial charge in [-0.05, 0) is 47.6 Å². The van der Waals surface area contributed by atoms with Crippen LogP contribution in [0.1, 0.15) is 0 Å². The lowest BCUT2D eigenvalue weighted by Crippen LogP contribution is -2.44. The van der Waals surface area contributed by atoms with Crippen LogP contribution in [0.3, 0.4) is 0 Å². The van der Waals surface area contributed by atoms with E-state index >= 15 is 0 Å². The number of thiophene rings is 1. The molecule has 2 aromatic heterocycles. The van der Waals surface area contributed by atoms with Gasteiger partial charge in [0.25, 0.3) is 0 Å². The topological polar surface area (TPSA) is 36.7 Å². The minimum atomic E-state index is -0.272. The average molecular weight is 326 g/mol. The lowest BCUT2D eigenvalue weighted by atomic mass is 10.1. The molecule has 1 aliphatic heterocycles. The number of piperazine rings is 1. The maximum absolute atomic E-state index is 12.3. The summed E-state index contributed by atoms with van der Waals surface area (Å²) >= 11 is 1.58. The van der Waals surface area contributed by atoms with Crippen molar-refractivity contribution in [2.75, 3.05) is 38.1 Å². The van der Waals surface area contributed by atoms with Gasteiger partial charge in [0.2, 0.25) is 0 Å². The molecule has 3 heterocycles. The number of nitrogens with zero attached hydrogens (tertiary/aromatic N) is 2. The molecule has 118 valence electrons. The summed E-state index contributed by atoms with van der Waals surface area (Å²) in [4.78, 5) is 16.9. The van der Waals surface area contributed by atoms with Gasteiger partial charge < -0.3 is 14.2 Å². The molecule has 3 aromatic rings. The van der Waals surface area contributed by atoms with Crippen molar-refractivity contribution < 1.29 is 4.42 Å². The highest BCUT2D eigenvalue weighted by Crippen LogP contribution is 2.26. The molecule has 4 nitrogen and oxygen atoms in total. The first kappa shape index (κ1) is 14.5. The van der Waals surface area contributed by atoms with Crippen molar-refractivity contribution in [1.29, 1.82) is 0 Å². The maximum atomic E-state index is 12.3. The van der Waals surface area contributed by atoms with Crippen molar-refractivity contribution in [3.8, 4) is 11.1 Å². The normalized spacial score (nSPS) is 16.1. The van der Waals surface area contributed by atoms with Crippen molar-refractivity contribution in [2.24, 2.45) is 0 Å². The zero-order valence-electron chi connectivity index (χ0n) is 13.0. The SMILES string of the molecule is CN1CCN(c2ccc3cc(-c4ccsc4)c(=O)oc3c2)CC1. The molecule has 23 heavy (non-hydrogen) atoms. The van der Waals surface area contributed by atoms with Gasteiger partial charge in [-0.15, -0.1) is 0 Å². The number of benzene rings is 1. The van der Waals surface area contributed by atoms with Crippen LogP contribution >= 0.6 is 11.3 Å². The second kappa shape index (κ2) is 5.83. The van der Waals surface area contributed by atoms with E-state index in [1.807, 2.05) is 35.0 Å². The molecule has 1 fully saturated rings. The molecule has 5 heteroatoms. The Morgan fingerprint density at radius 3 is 2.65 bits per heavy atom. The quantitative estimate of drug-likeness (QED) is 0.677. The van der Waals surface area contributed by atoms with Crippen LogP contribution in [0.15, 0.2) is 50.3 Å². The average Bonchev–Trinajstić information content (AvgIpc) is 3.08. The minimum Gasteiger partial charge on any atom is -0.422 e. The number of hydrogen-bond acceptors (Lipinski definition) is 5. The first-order valence-electron chi connectivity index (χ1n) is 7.75. The van der Waals surface area contributed by atoms with Crippen LogP contribution in [0.2, 0.25) is 0 Å². The Morgan fingerprint density at radius 2 is 1.91 bits per heavy atom. The molecule has 0 atom stereocenters. The van der Waals surface area contributed by atoms with Crippen LogP contribution in [0, 0.1) is 0 Å². The predicted molar refractivity (Wildman–Crippen MR) is 95.5 cm³/mol. The molecule has 0 N–H and O–H groups in total. The fourth-order valence-electron chi connectivity index (χ4n) is 2.98. The molecule has 0 amide bonds. The molecule has 0 radical (unpaired) electrons. The van der Waals surface area contributed by atoms with E-state index in [4.69, 9.17) is 4.42 Å². The standard InChI is InChI=1S/C18H18N2O2S/c1-19-5-7-20(8-6-19)15-3-2-13-10-16(14-4-9-23-12-14)18(21)22-17(13)11-15/h2-4,9-12H,5-8H2,1H3. The summed E-state index contributed by atoms with van der Waals surface area (Å²) < 4.78 is 5.58. The van der Waals surface area contributed by atoms with E-state index in [1.165, 1.54) is 0 Å². The van der Waals surface area contributed by atoms with Gasteiger partial charge in [-0.2, -0.15) is 11.3 Å². The zero-order valence-corrected chi connectivity index (χ0v) is 13.8. The van der Waals surface area contributed by atoms with Gasteiger partial charge in [0, 0.05) is 43.3 Å². The Morgan fingerprint density at radius 1 is 1.09 bits per heavy atom. The van der Waals surface area contributed by atoms with Gasteiger partial charge in [-0.3, -0.25) is 0 Å². The number of rotatable bonds is 2. The molecular formula is C18H18N2O2S. The second-order valence-corrected chi connectivity index (χ2v) is 6.75. The molecule has 1 aliphatic rings. The first-order chi connectivity index (χ1) is 11.2. The third-order valence-corrected chi connectivity index (χ3v) is 5.10. The van der Waals surface area contributed by atoms with Crippen LogP contribution in [0.25, 0.3) is 22.1 Å². The molecule has 0 aliphatic carbocycles.